The zero-order chi connectivity index (χ0) is 12.5. The lowest BCUT2D eigenvalue weighted by Gasteiger charge is -2.45. The SMILES string of the molecule is CN1CCCC(N(C)C2CCNC(C)(C)C2)C1. The summed E-state index contributed by atoms with van der Waals surface area (Å²) in [4.78, 5) is 5.15. The Morgan fingerprint density at radius 2 is 2.00 bits per heavy atom. The molecule has 0 amide bonds. The van der Waals surface area contributed by atoms with Crippen molar-refractivity contribution >= 4 is 0 Å². The Labute approximate surface area is 107 Å². The van der Waals surface area contributed by atoms with Crippen molar-refractivity contribution in [1.82, 2.24) is 15.1 Å². The van der Waals surface area contributed by atoms with Crippen molar-refractivity contribution in [2.75, 3.05) is 33.7 Å². The number of likely N-dealkylation sites (tertiary alicyclic amines) is 1. The molecule has 100 valence electrons. The minimum absolute atomic E-state index is 0.317. The van der Waals surface area contributed by atoms with E-state index in [1.807, 2.05) is 0 Å². The summed E-state index contributed by atoms with van der Waals surface area (Å²) in [6.45, 7) is 8.37. The monoisotopic (exact) mass is 239 g/mol. The molecule has 0 aromatic rings. The van der Waals surface area contributed by atoms with Crippen molar-refractivity contribution in [3.63, 3.8) is 0 Å². The van der Waals surface area contributed by atoms with E-state index in [-0.39, 0.29) is 0 Å². The van der Waals surface area contributed by atoms with Gasteiger partial charge in [0.1, 0.15) is 0 Å². The van der Waals surface area contributed by atoms with Crippen LogP contribution in [0.15, 0.2) is 0 Å². The van der Waals surface area contributed by atoms with E-state index >= 15 is 0 Å². The summed E-state index contributed by atoms with van der Waals surface area (Å²) in [6.07, 6.45) is 5.33. The lowest BCUT2D eigenvalue weighted by molar-refractivity contribution is 0.0645. The highest BCUT2D eigenvalue weighted by Gasteiger charge is 2.33. The third kappa shape index (κ3) is 3.43. The van der Waals surface area contributed by atoms with Crippen LogP contribution in [0, 0.1) is 0 Å². The summed E-state index contributed by atoms with van der Waals surface area (Å²) in [7, 11) is 4.60. The van der Waals surface area contributed by atoms with Crippen molar-refractivity contribution in [2.45, 2.75) is 57.2 Å². The van der Waals surface area contributed by atoms with Gasteiger partial charge in [0.2, 0.25) is 0 Å². The first-order valence-electron chi connectivity index (χ1n) is 7.13. The van der Waals surface area contributed by atoms with E-state index in [0.29, 0.717) is 5.54 Å². The predicted octanol–water partition coefficient (Wildman–Crippen LogP) is 1.54. The fourth-order valence-electron chi connectivity index (χ4n) is 3.46. The van der Waals surface area contributed by atoms with Crippen LogP contribution in [-0.4, -0.2) is 61.2 Å². The molecule has 2 unspecified atom stereocenters. The van der Waals surface area contributed by atoms with E-state index in [9.17, 15) is 0 Å². The molecule has 0 aromatic carbocycles. The van der Waals surface area contributed by atoms with Gasteiger partial charge < -0.3 is 10.2 Å². The highest BCUT2D eigenvalue weighted by atomic mass is 15.2. The smallest absolute Gasteiger partial charge is 0.0223 e. The number of rotatable bonds is 2. The van der Waals surface area contributed by atoms with Crippen molar-refractivity contribution < 1.29 is 0 Å². The van der Waals surface area contributed by atoms with Crippen molar-refractivity contribution in [1.29, 1.82) is 0 Å². The molecule has 0 spiro atoms. The molecule has 2 aliphatic heterocycles. The van der Waals surface area contributed by atoms with Crippen LogP contribution in [0.25, 0.3) is 0 Å². The first kappa shape index (κ1) is 13.3. The first-order valence-corrected chi connectivity index (χ1v) is 7.13. The predicted molar refractivity (Wildman–Crippen MR) is 73.4 cm³/mol. The molecule has 17 heavy (non-hydrogen) atoms. The van der Waals surface area contributed by atoms with Gasteiger partial charge in [-0.15, -0.1) is 0 Å². The van der Waals surface area contributed by atoms with Crippen LogP contribution < -0.4 is 5.32 Å². The molecule has 2 aliphatic rings. The van der Waals surface area contributed by atoms with Gasteiger partial charge in [-0.05, 0) is 66.7 Å². The minimum atomic E-state index is 0.317. The zero-order valence-electron chi connectivity index (χ0n) is 12.0. The van der Waals surface area contributed by atoms with Crippen LogP contribution in [0.1, 0.15) is 39.5 Å². The van der Waals surface area contributed by atoms with Gasteiger partial charge in [-0.2, -0.15) is 0 Å². The molecule has 2 atom stereocenters. The summed E-state index contributed by atoms with van der Waals surface area (Å²) >= 11 is 0. The number of hydrogen-bond acceptors (Lipinski definition) is 3. The van der Waals surface area contributed by atoms with Crippen LogP contribution in [0.4, 0.5) is 0 Å². The van der Waals surface area contributed by atoms with Crippen LogP contribution >= 0.6 is 0 Å². The van der Waals surface area contributed by atoms with Gasteiger partial charge in [0.25, 0.3) is 0 Å². The van der Waals surface area contributed by atoms with Gasteiger partial charge in [-0.1, -0.05) is 0 Å². The maximum Gasteiger partial charge on any atom is 0.0223 e. The fraction of sp³-hybridized carbons (Fsp3) is 1.00. The van der Waals surface area contributed by atoms with E-state index in [1.165, 1.54) is 45.3 Å². The number of hydrogen-bond donors (Lipinski definition) is 1. The third-order valence-electron chi connectivity index (χ3n) is 4.58. The lowest BCUT2D eigenvalue weighted by Crippen LogP contribution is -2.56. The summed E-state index contributed by atoms with van der Waals surface area (Å²) in [5, 5.41) is 3.62. The van der Waals surface area contributed by atoms with Crippen molar-refractivity contribution in [2.24, 2.45) is 0 Å². The maximum absolute atomic E-state index is 3.62. The molecule has 3 nitrogen and oxygen atoms in total. The first-order chi connectivity index (χ1) is 7.98. The van der Waals surface area contributed by atoms with Crippen LogP contribution in [0.3, 0.4) is 0 Å². The Hall–Kier alpha value is -0.120. The topological polar surface area (TPSA) is 18.5 Å². The normalized spacial score (nSPS) is 35.1. The molecule has 2 heterocycles. The highest BCUT2D eigenvalue weighted by molar-refractivity contribution is 4.92. The maximum atomic E-state index is 3.62. The van der Waals surface area contributed by atoms with Crippen LogP contribution in [0.5, 0.6) is 0 Å². The fourth-order valence-corrected chi connectivity index (χ4v) is 3.46. The molecule has 3 heteroatoms. The van der Waals surface area contributed by atoms with Gasteiger partial charge >= 0.3 is 0 Å². The summed E-state index contributed by atoms with van der Waals surface area (Å²) < 4.78 is 0. The van der Waals surface area contributed by atoms with Gasteiger partial charge in [-0.25, -0.2) is 0 Å². The average Bonchev–Trinajstić information content (AvgIpc) is 2.26. The second kappa shape index (κ2) is 5.25. The van der Waals surface area contributed by atoms with Gasteiger partial charge in [0.15, 0.2) is 0 Å². The Kier molecular flexibility index (Phi) is 4.11. The van der Waals surface area contributed by atoms with Crippen LogP contribution in [0.2, 0.25) is 0 Å². The largest absolute Gasteiger partial charge is 0.312 e. The Morgan fingerprint density at radius 1 is 1.24 bits per heavy atom. The molecule has 1 N–H and O–H groups in total. The van der Waals surface area contributed by atoms with E-state index in [1.54, 1.807) is 0 Å². The average molecular weight is 239 g/mol. The molecule has 0 radical (unpaired) electrons. The van der Waals surface area contributed by atoms with Crippen molar-refractivity contribution in [3.8, 4) is 0 Å². The molecule has 2 rings (SSSR count). The second-order valence-electron chi connectivity index (χ2n) is 6.68. The number of likely N-dealkylation sites (N-methyl/N-ethyl adjacent to an activating group) is 2. The Balaban J connectivity index is 1.92. The van der Waals surface area contributed by atoms with E-state index in [2.05, 4.69) is 43.1 Å². The van der Waals surface area contributed by atoms with Gasteiger partial charge in [0, 0.05) is 24.2 Å². The molecule has 0 bridgehead atoms. The van der Waals surface area contributed by atoms with Gasteiger partial charge in [-0.3, -0.25) is 4.90 Å². The highest BCUT2D eigenvalue weighted by Crippen LogP contribution is 2.25. The molecule has 2 saturated heterocycles. The lowest BCUT2D eigenvalue weighted by atomic mass is 9.87. The Bertz CT molecular complexity index is 252. The molecule has 0 aromatic heterocycles. The molecular weight excluding hydrogens is 210 g/mol. The van der Waals surface area contributed by atoms with Gasteiger partial charge in [0.05, 0.1) is 0 Å². The molecule has 2 fully saturated rings. The number of nitrogens with one attached hydrogen (secondary N) is 1. The van der Waals surface area contributed by atoms with Crippen LogP contribution in [-0.2, 0) is 0 Å². The second-order valence-corrected chi connectivity index (χ2v) is 6.68. The summed E-state index contributed by atoms with van der Waals surface area (Å²) in [5.74, 6) is 0. The molecule has 0 aliphatic carbocycles. The summed E-state index contributed by atoms with van der Waals surface area (Å²) in [5.41, 5.74) is 0.317. The third-order valence-corrected chi connectivity index (χ3v) is 4.58. The van der Waals surface area contributed by atoms with E-state index < -0.39 is 0 Å². The number of piperidine rings is 2. The van der Waals surface area contributed by atoms with Crippen molar-refractivity contribution in [3.05, 3.63) is 0 Å². The summed E-state index contributed by atoms with van der Waals surface area (Å²) in [6, 6.07) is 1.54. The number of nitrogens with zero attached hydrogens (tertiary/aromatic N) is 2. The standard InChI is InChI=1S/C14H29N3/c1-14(2)10-12(7-8-15-14)17(4)13-6-5-9-16(3)11-13/h12-13,15H,5-11H2,1-4H3. The van der Waals surface area contributed by atoms with E-state index in [0.717, 1.165) is 12.1 Å². The molecule has 0 saturated carbocycles. The Morgan fingerprint density at radius 3 is 2.65 bits per heavy atom. The minimum Gasteiger partial charge on any atom is -0.312 e. The zero-order valence-corrected chi connectivity index (χ0v) is 12.0. The van der Waals surface area contributed by atoms with E-state index in [4.69, 9.17) is 0 Å². The molecular formula is C14H29N3. The quantitative estimate of drug-likeness (QED) is 0.788.